The molecule has 0 bridgehead atoms. The molecule has 1 aliphatic heterocycles. The Bertz CT molecular complexity index is 386. The standard InChI is InChI=1S/C12H18ClN3O/c1-8-6-10(2-3-11(8)13)17-5-4-9-7-12(14)16-15-9/h2-3,6,9,12,15-16H,4-5,7,14H2,1H3. The van der Waals surface area contributed by atoms with Gasteiger partial charge in [0.15, 0.2) is 0 Å². The summed E-state index contributed by atoms with van der Waals surface area (Å²) in [5.74, 6) is 0.863. The molecule has 1 aromatic carbocycles. The van der Waals surface area contributed by atoms with Gasteiger partial charge in [-0.25, -0.2) is 5.43 Å². The van der Waals surface area contributed by atoms with E-state index >= 15 is 0 Å². The highest BCUT2D eigenvalue weighted by Gasteiger charge is 2.19. The molecule has 1 fully saturated rings. The Balaban J connectivity index is 1.76. The summed E-state index contributed by atoms with van der Waals surface area (Å²) in [6.45, 7) is 2.64. The third-order valence-corrected chi connectivity index (χ3v) is 3.30. The van der Waals surface area contributed by atoms with Crippen molar-refractivity contribution in [3.63, 3.8) is 0 Å². The molecular formula is C12H18ClN3O. The summed E-state index contributed by atoms with van der Waals surface area (Å²) in [6.07, 6.45) is 1.92. The third kappa shape index (κ3) is 3.57. The predicted octanol–water partition coefficient (Wildman–Crippen LogP) is 1.57. The van der Waals surface area contributed by atoms with Gasteiger partial charge in [-0.3, -0.25) is 5.43 Å². The first-order valence-corrected chi connectivity index (χ1v) is 6.18. The van der Waals surface area contributed by atoms with Gasteiger partial charge in [-0.15, -0.1) is 0 Å². The molecule has 0 radical (unpaired) electrons. The molecule has 2 rings (SSSR count). The SMILES string of the molecule is Cc1cc(OCCC2CC(N)NN2)ccc1Cl. The zero-order valence-corrected chi connectivity index (χ0v) is 10.6. The van der Waals surface area contributed by atoms with Gasteiger partial charge in [0.2, 0.25) is 0 Å². The van der Waals surface area contributed by atoms with Crippen molar-refractivity contribution in [3.05, 3.63) is 28.8 Å². The molecule has 4 nitrogen and oxygen atoms in total. The molecule has 0 amide bonds. The number of hydrogen-bond donors (Lipinski definition) is 3. The Hall–Kier alpha value is -0.810. The lowest BCUT2D eigenvalue weighted by Crippen LogP contribution is -2.37. The Morgan fingerprint density at radius 2 is 2.29 bits per heavy atom. The van der Waals surface area contributed by atoms with Gasteiger partial charge in [0.25, 0.3) is 0 Å². The number of halogens is 1. The van der Waals surface area contributed by atoms with Crippen LogP contribution in [0.15, 0.2) is 18.2 Å². The van der Waals surface area contributed by atoms with Crippen LogP contribution in [0.1, 0.15) is 18.4 Å². The lowest BCUT2D eigenvalue weighted by atomic mass is 10.1. The first-order valence-electron chi connectivity index (χ1n) is 5.81. The Morgan fingerprint density at radius 1 is 1.47 bits per heavy atom. The van der Waals surface area contributed by atoms with E-state index in [9.17, 15) is 0 Å². The second-order valence-electron chi connectivity index (χ2n) is 4.38. The molecule has 0 aliphatic carbocycles. The van der Waals surface area contributed by atoms with E-state index in [4.69, 9.17) is 22.1 Å². The van der Waals surface area contributed by atoms with Crippen molar-refractivity contribution in [2.24, 2.45) is 5.73 Å². The van der Waals surface area contributed by atoms with E-state index < -0.39 is 0 Å². The lowest BCUT2D eigenvalue weighted by molar-refractivity contribution is 0.290. The van der Waals surface area contributed by atoms with Crippen LogP contribution in [-0.4, -0.2) is 18.8 Å². The molecule has 2 atom stereocenters. The zero-order chi connectivity index (χ0) is 12.3. The smallest absolute Gasteiger partial charge is 0.119 e. The molecule has 0 aromatic heterocycles. The fraction of sp³-hybridized carbons (Fsp3) is 0.500. The summed E-state index contributed by atoms with van der Waals surface area (Å²) < 4.78 is 5.67. The Morgan fingerprint density at radius 3 is 2.94 bits per heavy atom. The van der Waals surface area contributed by atoms with Gasteiger partial charge in [-0.05, 0) is 43.5 Å². The van der Waals surface area contributed by atoms with Crippen molar-refractivity contribution in [1.29, 1.82) is 0 Å². The molecule has 1 heterocycles. The Kier molecular flexibility index (Phi) is 4.23. The molecule has 1 aliphatic rings. The minimum atomic E-state index is 0.0535. The maximum Gasteiger partial charge on any atom is 0.119 e. The minimum absolute atomic E-state index is 0.0535. The second-order valence-corrected chi connectivity index (χ2v) is 4.78. The van der Waals surface area contributed by atoms with Gasteiger partial charge < -0.3 is 10.5 Å². The molecule has 1 saturated heterocycles. The van der Waals surface area contributed by atoms with Gasteiger partial charge in [-0.2, -0.15) is 0 Å². The molecule has 94 valence electrons. The average molecular weight is 256 g/mol. The number of aryl methyl sites for hydroxylation is 1. The zero-order valence-electron chi connectivity index (χ0n) is 9.87. The molecule has 5 heteroatoms. The van der Waals surface area contributed by atoms with Crippen molar-refractivity contribution >= 4 is 11.6 Å². The summed E-state index contributed by atoms with van der Waals surface area (Å²) in [5.41, 5.74) is 12.9. The number of rotatable bonds is 4. The van der Waals surface area contributed by atoms with E-state index in [1.54, 1.807) is 0 Å². The normalized spacial score (nSPS) is 23.9. The summed E-state index contributed by atoms with van der Waals surface area (Å²) in [5, 5.41) is 0.769. The van der Waals surface area contributed by atoms with E-state index in [0.29, 0.717) is 12.6 Å². The van der Waals surface area contributed by atoms with E-state index in [1.165, 1.54) is 0 Å². The topological polar surface area (TPSA) is 59.3 Å². The van der Waals surface area contributed by atoms with E-state index in [0.717, 1.165) is 29.2 Å². The van der Waals surface area contributed by atoms with Crippen LogP contribution in [0.5, 0.6) is 5.75 Å². The fourth-order valence-corrected chi connectivity index (χ4v) is 1.98. The highest BCUT2D eigenvalue weighted by atomic mass is 35.5. The molecule has 0 spiro atoms. The first-order chi connectivity index (χ1) is 8.15. The molecule has 1 aromatic rings. The highest BCUT2D eigenvalue weighted by molar-refractivity contribution is 6.31. The van der Waals surface area contributed by atoms with Gasteiger partial charge >= 0.3 is 0 Å². The van der Waals surface area contributed by atoms with Crippen LogP contribution in [0.2, 0.25) is 5.02 Å². The molecular weight excluding hydrogens is 238 g/mol. The van der Waals surface area contributed by atoms with E-state index in [2.05, 4.69) is 10.9 Å². The fourth-order valence-electron chi connectivity index (χ4n) is 1.87. The number of ether oxygens (including phenoxy) is 1. The third-order valence-electron chi connectivity index (χ3n) is 2.88. The van der Waals surface area contributed by atoms with Crippen molar-refractivity contribution in [2.75, 3.05) is 6.61 Å². The van der Waals surface area contributed by atoms with E-state index in [-0.39, 0.29) is 6.17 Å². The van der Waals surface area contributed by atoms with Crippen LogP contribution in [0.3, 0.4) is 0 Å². The first kappa shape index (κ1) is 12.6. The monoisotopic (exact) mass is 255 g/mol. The molecule has 4 N–H and O–H groups in total. The quantitative estimate of drug-likeness (QED) is 0.764. The number of nitrogens with one attached hydrogen (secondary N) is 2. The largest absolute Gasteiger partial charge is 0.494 e. The second kappa shape index (κ2) is 5.69. The van der Waals surface area contributed by atoms with Crippen LogP contribution in [-0.2, 0) is 0 Å². The number of hydrogen-bond acceptors (Lipinski definition) is 4. The molecule has 17 heavy (non-hydrogen) atoms. The van der Waals surface area contributed by atoms with Crippen LogP contribution in [0.4, 0.5) is 0 Å². The van der Waals surface area contributed by atoms with Crippen LogP contribution in [0.25, 0.3) is 0 Å². The highest BCUT2D eigenvalue weighted by Crippen LogP contribution is 2.21. The van der Waals surface area contributed by atoms with Crippen molar-refractivity contribution in [1.82, 2.24) is 10.9 Å². The summed E-state index contributed by atoms with van der Waals surface area (Å²) in [4.78, 5) is 0. The van der Waals surface area contributed by atoms with Crippen molar-refractivity contribution < 1.29 is 4.74 Å². The lowest BCUT2D eigenvalue weighted by Gasteiger charge is -2.11. The maximum absolute atomic E-state index is 5.95. The average Bonchev–Trinajstić information content (AvgIpc) is 2.70. The molecule has 0 saturated carbocycles. The van der Waals surface area contributed by atoms with Crippen molar-refractivity contribution in [2.45, 2.75) is 32.0 Å². The van der Waals surface area contributed by atoms with Gasteiger partial charge in [-0.1, -0.05) is 11.6 Å². The summed E-state index contributed by atoms with van der Waals surface area (Å²) in [7, 11) is 0. The molecule has 2 unspecified atom stereocenters. The van der Waals surface area contributed by atoms with Crippen LogP contribution < -0.4 is 21.3 Å². The number of hydrazine groups is 1. The van der Waals surface area contributed by atoms with Crippen molar-refractivity contribution in [3.8, 4) is 5.75 Å². The van der Waals surface area contributed by atoms with Gasteiger partial charge in [0.05, 0.1) is 12.8 Å². The van der Waals surface area contributed by atoms with Gasteiger partial charge in [0, 0.05) is 11.1 Å². The number of nitrogens with two attached hydrogens (primary N) is 1. The Labute approximate surface area is 106 Å². The van der Waals surface area contributed by atoms with Crippen LogP contribution >= 0.6 is 11.6 Å². The maximum atomic E-state index is 5.95. The predicted molar refractivity (Wildman–Crippen MR) is 69.0 cm³/mol. The van der Waals surface area contributed by atoms with Crippen LogP contribution in [0, 0.1) is 6.92 Å². The van der Waals surface area contributed by atoms with Gasteiger partial charge in [0.1, 0.15) is 5.75 Å². The summed E-state index contributed by atoms with van der Waals surface area (Å²) >= 11 is 5.95. The summed E-state index contributed by atoms with van der Waals surface area (Å²) in [6, 6.07) is 6.09. The minimum Gasteiger partial charge on any atom is -0.494 e. The number of benzene rings is 1. The van der Waals surface area contributed by atoms with E-state index in [1.807, 2.05) is 25.1 Å².